The van der Waals surface area contributed by atoms with Crippen LogP contribution in [0.15, 0.2) is 34.4 Å². The molecule has 0 atom stereocenters. The minimum Gasteiger partial charge on any atom is -0.510 e. The monoisotopic (exact) mass is 361 g/mol. The van der Waals surface area contributed by atoms with Gasteiger partial charge in [0.1, 0.15) is 22.4 Å². The van der Waals surface area contributed by atoms with Crippen molar-refractivity contribution in [2.45, 2.75) is 4.34 Å². The number of nitrogens with one attached hydrogen (secondary N) is 1. The smallest absolute Gasteiger partial charge is 0.206 e. The van der Waals surface area contributed by atoms with E-state index in [-0.39, 0.29) is 17.1 Å². The summed E-state index contributed by atoms with van der Waals surface area (Å²) in [4.78, 5) is 4.41. The SMILES string of the molecule is CNc1nnc(SC/C(O)=C(\C#N)c2nc3ccccc3s2)s1. The third-order valence-corrected chi connectivity index (χ3v) is 6.00. The molecule has 0 saturated heterocycles. The Morgan fingerprint density at radius 3 is 2.87 bits per heavy atom. The summed E-state index contributed by atoms with van der Waals surface area (Å²) in [7, 11) is 1.77. The van der Waals surface area contributed by atoms with Crippen LogP contribution in [0.25, 0.3) is 15.8 Å². The second-order valence-corrected chi connectivity index (χ2v) is 7.56. The summed E-state index contributed by atoms with van der Waals surface area (Å²) in [6.45, 7) is 0. The van der Waals surface area contributed by atoms with Crippen molar-refractivity contribution in [2.75, 3.05) is 18.1 Å². The summed E-state index contributed by atoms with van der Waals surface area (Å²) in [5, 5.41) is 31.7. The number of allylic oxidation sites excluding steroid dienone is 1. The summed E-state index contributed by atoms with van der Waals surface area (Å²) in [5.41, 5.74) is 1.03. The first-order valence-electron chi connectivity index (χ1n) is 6.53. The van der Waals surface area contributed by atoms with E-state index in [0.29, 0.717) is 10.1 Å². The highest BCUT2D eigenvalue weighted by Gasteiger charge is 2.15. The van der Waals surface area contributed by atoms with E-state index in [1.54, 1.807) is 7.05 Å². The van der Waals surface area contributed by atoms with Gasteiger partial charge >= 0.3 is 0 Å². The van der Waals surface area contributed by atoms with Gasteiger partial charge in [0.2, 0.25) is 5.13 Å². The van der Waals surface area contributed by atoms with E-state index in [9.17, 15) is 10.4 Å². The van der Waals surface area contributed by atoms with Crippen LogP contribution < -0.4 is 5.32 Å². The van der Waals surface area contributed by atoms with Crippen LogP contribution in [0, 0.1) is 11.3 Å². The average Bonchev–Trinajstić information content (AvgIpc) is 3.20. The topological polar surface area (TPSA) is 94.7 Å². The molecule has 1 aromatic carbocycles. The van der Waals surface area contributed by atoms with Crippen molar-refractivity contribution in [1.82, 2.24) is 15.2 Å². The lowest BCUT2D eigenvalue weighted by molar-refractivity contribution is 0.421. The highest BCUT2D eigenvalue weighted by Crippen LogP contribution is 2.31. The molecule has 0 unspecified atom stereocenters. The molecule has 3 aromatic rings. The molecule has 6 nitrogen and oxygen atoms in total. The van der Waals surface area contributed by atoms with E-state index in [2.05, 4.69) is 26.6 Å². The van der Waals surface area contributed by atoms with Crippen LogP contribution >= 0.6 is 34.4 Å². The largest absolute Gasteiger partial charge is 0.510 e. The van der Waals surface area contributed by atoms with Gasteiger partial charge in [-0.15, -0.1) is 21.5 Å². The van der Waals surface area contributed by atoms with Gasteiger partial charge in [0.25, 0.3) is 0 Å². The summed E-state index contributed by atoms with van der Waals surface area (Å²) >= 11 is 4.12. The Morgan fingerprint density at radius 2 is 2.17 bits per heavy atom. The molecule has 0 aliphatic rings. The fourth-order valence-electron chi connectivity index (χ4n) is 1.79. The van der Waals surface area contributed by atoms with Crippen molar-refractivity contribution in [3.63, 3.8) is 0 Å². The average molecular weight is 361 g/mol. The number of nitriles is 1. The molecule has 0 aliphatic heterocycles. The van der Waals surface area contributed by atoms with Crippen molar-refractivity contribution in [2.24, 2.45) is 0 Å². The Balaban J connectivity index is 1.82. The number of hydrogen-bond acceptors (Lipinski definition) is 9. The summed E-state index contributed by atoms with van der Waals surface area (Å²) < 4.78 is 1.71. The summed E-state index contributed by atoms with van der Waals surface area (Å²) in [6.07, 6.45) is 0. The van der Waals surface area contributed by atoms with Gasteiger partial charge in [-0.2, -0.15) is 5.26 Å². The van der Waals surface area contributed by atoms with Gasteiger partial charge in [0, 0.05) is 7.05 Å². The van der Waals surface area contributed by atoms with E-state index in [1.807, 2.05) is 24.3 Å². The van der Waals surface area contributed by atoms with Gasteiger partial charge in [-0.1, -0.05) is 35.2 Å². The lowest BCUT2D eigenvalue weighted by atomic mass is 10.2. The number of aliphatic hydroxyl groups excluding tert-OH is 1. The van der Waals surface area contributed by atoms with Gasteiger partial charge in [-0.05, 0) is 12.1 Å². The maximum absolute atomic E-state index is 10.3. The zero-order chi connectivity index (χ0) is 16.2. The molecule has 0 saturated carbocycles. The minimum absolute atomic E-state index is 0.00207. The molecular weight excluding hydrogens is 350 g/mol. The van der Waals surface area contributed by atoms with Crippen LogP contribution in [-0.4, -0.2) is 33.1 Å². The second-order valence-electron chi connectivity index (χ2n) is 4.33. The number of fused-ring (bicyclic) bond motifs is 1. The van der Waals surface area contributed by atoms with Crippen LogP contribution in [0.3, 0.4) is 0 Å². The highest BCUT2D eigenvalue weighted by atomic mass is 32.2. The number of aliphatic hydroxyl groups is 1. The lowest BCUT2D eigenvalue weighted by Gasteiger charge is -2.00. The van der Waals surface area contributed by atoms with Crippen molar-refractivity contribution in [3.8, 4) is 6.07 Å². The van der Waals surface area contributed by atoms with E-state index < -0.39 is 0 Å². The molecule has 3 rings (SSSR count). The third kappa shape index (κ3) is 3.44. The van der Waals surface area contributed by atoms with Crippen LogP contribution in [0.5, 0.6) is 0 Å². The van der Waals surface area contributed by atoms with E-state index >= 15 is 0 Å². The Bertz CT molecular complexity index is 875. The molecule has 9 heteroatoms. The molecule has 2 N–H and O–H groups in total. The Morgan fingerprint density at radius 1 is 1.35 bits per heavy atom. The molecular formula is C14H11N5OS3. The van der Waals surface area contributed by atoms with Crippen LogP contribution in [0.2, 0.25) is 0 Å². The number of aromatic nitrogens is 3. The zero-order valence-corrected chi connectivity index (χ0v) is 14.4. The quantitative estimate of drug-likeness (QED) is 0.406. The molecule has 2 aromatic heterocycles. The van der Waals surface area contributed by atoms with Crippen molar-refractivity contribution in [1.29, 1.82) is 5.26 Å². The number of thiazole rings is 1. The van der Waals surface area contributed by atoms with Gasteiger partial charge in [-0.3, -0.25) is 0 Å². The van der Waals surface area contributed by atoms with Gasteiger partial charge in [0.15, 0.2) is 4.34 Å². The number of para-hydroxylation sites is 1. The van der Waals surface area contributed by atoms with Gasteiger partial charge in [0.05, 0.1) is 16.0 Å². The molecule has 23 heavy (non-hydrogen) atoms. The first kappa shape index (κ1) is 15.7. The first-order chi connectivity index (χ1) is 11.2. The van der Waals surface area contributed by atoms with Gasteiger partial charge in [-0.25, -0.2) is 4.98 Å². The molecule has 0 amide bonds. The van der Waals surface area contributed by atoms with Crippen molar-refractivity contribution < 1.29 is 5.11 Å². The summed E-state index contributed by atoms with van der Waals surface area (Å²) in [6, 6.07) is 9.69. The third-order valence-electron chi connectivity index (χ3n) is 2.86. The predicted octanol–water partition coefficient (Wildman–Crippen LogP) is 3.77. The molecule has 0 radical (unpaired) electrons. The predicted molar refractivity (Wildman–Crippen MR) is 95.0 cm³/mol. The lowest BCUT2D eigenvalue weighted by Crippen LogP contribution is -1.92. The summed E-state index contributed by atoms with van der Waals surface area (Å²) in [5.74, 6) is 0.245. The second kappa shape index (κ2) is 6.95. The molecule has 116 valence electrons. The number of rotatable bonds is 5. The Kier molecular flexibility index (Phi) is 4.76. The van der Waals surface area contributed by atoms with Crippen LogP contribution in [-0.2, 0) is 0 Å². The van der Waals surface area contributed by atoms with Crippen molar-refractivity contribution >= 4 is 55.4 Å². The van der Waals surface area contributed by atoms with Crippen LogP contribution in [0.1, 0.15) is 5.01 Å². The van der Waals surface area contributed by atoms with E-state index in [4.69, 9.17) is 0 Å². The molecule has 0 bridgehead atoms. The number of thioether (sulfide) groups is 1. The van der Waals surface area contributed by atoms with Gasteiger partial charge < -0.3 is 10.4 Å². The fraction of sp³-hybridized carbons (Fsp3) is 0.143. The molecule has 0 fully saturated rings. The number of benzene rings is 1. The van der Waals surface area contributed by atoms with Crippen LogP contribution in [0.4, 0.5) is 5.13 Å². The number of hydrogen-bond donors (Lipinski definition) is 2. The Hall–Kier alpha value is -2.15. The highest BCUT2D eigenvalue weighted by molar-refractivity contribution is 8.01. The molecule has 2 heterocycles. The fourth-order valence-corrected chi connectivity index (χ4v) is 4.35. The minimum atomic E-state index is -0.00207. The van der Waals surface area contributed by atoms with Crippen molar-refractivity contribution in [3.05, 3.63) is 35.0 Å². The number of nitrogens with zero attached hydrogens (tertiary/aromatic N) is 4. The first-order valence-corrected chi connectivity index (χ1v) is 9.15. The number of anilines is 1. The maximum Gasteiger partial charge on any atom is 0.206 e. The maximum atomic E-state index is 10.3. The van der Waals surface area contributed by atoms with E-state index in [0.717, 1.165) is 14.6 Å². The molecule has 0 spiro atoms. The normalized spacial score (nSPS) is 12.0. The standard InChI is InChI=1S/C14H11N5OS3/c1-16-13-18-19-14(23-13)21-7-10(20)8(6-15)12-17-9-4-2-3-5-11(9)22-12/h2-5,20H,7H2,1H3,(H,16,18)/b10-8-. The Labute approximate surface area is 144 Å². The zero-order valence-electron chi connectivity index (χ0n) is 12.0. The molecule has 0 aliphatic carbocycles. The van der Waals surface area contributed by atoms with E-state index in [1.165, 1.54) is 34.4 Å².